The van der Waals surface area contributed by atoms with Crippen LogP contribution in [0, 0.1) is 175 Å². The lowest BCUT2D eigenvalue weighted by molar-refractivity contribution is 0.376. The highest BCUT2D eigenvalue weighted by molar-refractivity contribution is 7.97. The summed E-state index contributed by atoms with van der Waals surface area (Å²) >= 11 is 0. The molecular weight excluding hydrogens is 1690 g/mol. The summed E-state index contributed by atoms with van der Waals surface area (Å²) in [6, 6.07) is 27.4. The summed E-state index contributed by atoms with van der Waals surface area (Å²) in [6.45, 7) is -3.70. The first-order chi connectivity index (χ1) is 57.6. The lowest BCUT2D eigenvalue weighted by Gasteiger charge is -2.32. The van der Waals surface area contributed by atoms with Gasteiger partial charge in [-0.05, 0) is 95.7 Å². The number of aromatic amines is 3. The number of halogens is 30. The molecular formula is C84H31F30N6P. The van der Waals surface area contributed by atoms with E-state index in [1.807, 2.05) is 0 Å². The Kier molecular flexibility index (Phi) is 21.2. The van der Waals surface area contributed by atoms with Gasteiger partial charge in [0, 0.05) is 72.1 Å². The van der Waals surface area contributed by atoms with Crippen molar-refractivity contribution in [3.05, 3.63) is 416 Å². The van der Waals surface area contributed by atoms with E-state index >= 15 is 105 Å². The van der Waals surface area contributed by atoms with Gasteiger partial charge in [0.2, 0.25) is 34.9 Å². The number of nitrogens with zero attached hydrogens (tertiary/aromatic N) is 3. The van der Waals surface area contributed by atoms with Crippen LogP contribution < -0.4 is 37.3 Å². The first-order valence-corrected chi connectivity index (χ1v) is 35.7. The molecule has 37 heteroatoms. The summed E-state index contributed by atoms with van der Waals surface area (Å²) in [6.07, 6.45) is 4.18. The number of benzene rings is 9. The molecule has 0 aliphatic carbocycles. The number of rotatable bonds is 14. The van der Waals surface area contributed by atoms with E-state index < -0.39 is 304 Å². The Morgan fingerprint density at radius 1 is 0.248 bits per heavy atom. The average Bonchev–Trinajstić information content (AvgIpc) is 1.69. The minimum absolute atomic E-state index is 0.0442. The second-order valence-corrected chi connectivity index (χ2v) is 29.3. The summed E-state index contributed by atoms with van der Waals surface area (Å²) in [7, 11) is 0. The second-order valence-electron chi connectivity index (χ2n) is 25.9. The van der Waals surface area contributed by atoms with Crippen LogP contribution in [0.4, 0.5) is 132 Å². The first-order valence-electron chi connectivity index (χ1n) is 33.9. The van der Waals surface area contributed by atoms with E-state index in [0.717, 1.165) is 6.20 Å². The van der Waals surface area contributed by atoms with Gasteiger partial charge in [0.15, 0.2) is 140 Å². The van der Waals surface area contributed by atoms with Crippen LogP contribution in [0.5, 0.6) is 0 Å². The van der Waals surface area contributed by atoms with Gasteiger partial charge in [-0.25, -0.2) is 142 Å². The van der Waals surface area contributed by atoms with Crippen LogP contribution in [0.2, 0.25) is 0 Å². The molecule has 6 heterocycles. The summed E-state index contributed by atoms with van der Waals surface area (Å²) in [4.78, 5) is 19.1. The predicted octanol–water partition coefficient (Wildman–Crippen LogP) is 18.3. The van der Waals surface area contributed by atoms with Crippen LogP contribution in [-0.4, -0.2) is 37.4 Å². The van der Waals surface area contributed by atoms with Gasteiger partial charge in [-0.15, -0.1) is 0 Å². The summed E-state index contributed by atoms with van der Waals surface area (Å²) in [5.74, 6) is -82.5. The zero-order valence-electron chi connectivity index (χ0n) is 58.8. The van der Waals surface area contributed by atoms with Crippen molar-refractivity contribution in [2.24, 2.45) is 15.0 Å². The molecule has 0 radical (unpaired) electrons. The SMILES string of the molecule is Fc1c(F)c(F)c(/C=c2\cc/c(=C(C3=N/C(=C(/c4ccc(/C(=C5\C=CC(C(/c6c(F)c(F)c(F)c(F)c6F)=c6/cc/c(=C(\C7=NC=CC7=P(c7ccccc7)(c7ccccc7)c7ccccc7)c7c(F)c(F)c(F)c(F)c7F)[nH]6)=N5)c5c(F)c(F)c(F)c(F)c5F)[nH]4)c4c(F)c(F)c(F)c(F)c4F)C=C3)/c3c(F)c(F)c(F)c(F)c3F)[nH]2)c(F)c1F. The zero-order valence-corrected chi connectivity index (χ0v) is 59.7. The Morgan fingerprint density at radius 3 is 0.851 bits per heavy atom. The molecule has 0 spiro atoms. The highest BCUT2D eigenvalue weighted by Gasteiger charge is 2.41. The summed E-state index contributed by atoms with van der Waals surface area (Å²) < 4.78 is 473. The molecule has 0 fully saturated rings. The van der Waals surface area contributed by atoms with Gasteiger partial charge in [0.05, 0.1) is 61.9 Å². The predicted molar refractivity (Wildman–Crippen MR) is 381 cm³/mol. The highest BCUT2D eigenvalue weighted by atomic mass is 31.2. The third-order valence-electron chi connectivity index (χ3n) is 19.3. The minimum atomic E-state index is -3.70. The molecule has 0 saturated heterocycles. The molecule has 3 aliphatic heterocycles. The Labute approximate surface area is 654 Å². The van der Waals surface area contributed by atoms with Gasteiger partial charge in [-0.1, -0.05) is 91.0 Å². The average molecular weight is 1730 g/mol. The van der Waals surface area contributed by atoms with Crippen molar-refractivity contribution in [2.75, 3.05) is 0 Å². The maximum Gasteiger partial charge on any atom is 0.200 e. The van der Waals surface area contributed by atoms with E-state index in [2.05, 4.69) is 29.9 Å². The molecule has 612 valence electrons. The number of hydrogen-bond acceptors (Lipinski definition) is 3. The summed E-state index contributed by atoms with van der Waals surface area (Å²) in [5.41, 5.74) is -27.8. The fourth-order valence-electron chi connectivity index (χ4n) is 13.9. The smallest absolute Gasteiger partial charge is 0.200 e. The molecule has 121 heavy (non-hydrogen) atoms. The lowest BCUT2D eigenvalue weighted by atomic mass is 9.97. The summed E-state index contributed by atoms with van der Waals surface area (Å²) in [5, 5.41) is -2.68. The molecule has 0 saturated carbocycles. The van der Waals surface area contributed by atoms with Gasteiger partial charge in [-0.2, -0.15) is 0 Å². The van der Waals surface area contributed by atoms with Crippen LogP contribution in [0.25, 0.3) is 33.9 Å². The molecule has 3 aliphatic rings. The van der Waals surface area contributed by atoms with Crippen molar-refractivity contribution in [2.45, 2.75) is 0 Å². The maximum absolute atomic E-state index is 17.0. The van der Waals surface area contributed by atoms with Gasteiger partial charge in [0.25, 0.3) is 0 Å². The van der Waals surface area contributed by atoms with Gasteiger partial charge < -0.3 is 15.0 Å². The Balaban J connectivity index is 1.02. The van der Waals surface area contributed by atoms with Crippen molar-refractivity contribution in [3.63, 3.8) is 0 Å². The third kappa shape index (κ3) is 13.1. The number of aromatic nitrogens is 3. The largest absolute Gasteiger partial charge is 0.355 e. The van der Waals surface area contributed by atoms with Crippen molar-refractivity contribution >= 4 is 79.2 Å². The van der Waals surface area contributed by atoms with Crippen molar-refractivity contribution in [1.29, 1.82) is 0 Å². The van der Waals surface area contributed by atoms with Crippen molar-refractivity contribution in [1.82, 2.24) is 15.0 Å². The molecule has 0 unspecified atom stereocenters. The van der Waals surface area contributed by atoms with E-state index in [1.165, 1.54) is 6.08 Å². The third-order valence-corrected chi connectivity index (χ3v) is 23.6. The lowest BCUT2D eigenvalue weighted by Crippen LogP contribution is -2.34. The molecule has 0 bridgehead atoms. The van der Waals surface area contributed by atoms with Crippen molar-refractivity contribution < 1.29 is 132 Å². The number of hydrogen-bond donors (Lipinski definition) is 3. The molecule has 3 N–H and O–H groups in total. The highest BCUT2D eigenvalue weighted by Crippen LogP contribution is 2.50. The van der Waals surface area contributed by atoms with Crippen LogP contribution in [-0.2, 0) is 0 Å². The second kappa shape index (κ2) is 31.2. The molecule has 3 aromatic heterocycles. The van der Waals surface area contributed by atoms with Crippen LogP contribution in [0.15, 0.2) is 190 Å². The van der Waals surface area contributed by atoms with E-state index in [4.69, 9.17) is 0 Å². The fourth-order valence-corrected chi connectivity index (χ4v) is 18.3. The van der Waals surface area contributed by atoms with E-state index in [0.29, 0.717) is 76.6 Å². The van der Waals surface area contributed by atoms with E-state index in [1.54, 1.807) is 91.0 Å². The topological polar surface area (TPSA) is 84.4 Å². The Hall–Kier alpha value is -13.8. The normalized spacial score (nSPS) is 15.2. The van der Waals surface area contributed by atoms with Crippen molar-refractivity contribution in [3.8, 4) is 0 Å². The first kappa shape index (κ1) is 82.3. The number of aliphatic imine (C=N–C) groups is 3. The standard InChI is InChI=1S/C84H31F30N6P/c85-54-33(55(86)67(98)78(109)66(54)97)28-29-16-17-34(116-29)44(49-56(87)68(99)79(110)69(100)57(49)88)35-18-19-36(117-35)45(50-58(89)70(101)80(111)71(102)59(50)90)37-20-21-38(118-37)46(51-60(91)72(103)81(112)73(104)61(51)92)39-22-23-40(119-39)47(52-62(93)74(105)82(113)75(106)63(52)94)41-24-25-42(120-41)48(53-64(95)76(107)83(114)77(108)65(53)96)84-43(26-27-115-84)121(30-10-4-1-5-11-30,31-12-6-2-7-13-31)32-14-8-3-9-15-32/h1-28,116,118,120H/b29-28+,44-34-,45-36-,46-39-,47-41+,48-42+. The maximum atomic E-state index is 17.0. The van der Waals surface area contributed by atoms with E-state index in [-0.39, 0.29) is 11.4 Å². The molecule has 0 atom stereocenters. The monoisotopic (exact) mass is 1720 g/mol. The molecule has 9 aromatic carbocycles. The molecule has 6 nitrogen and oxygen atoms in total. The Morgan fingerprint density at radius 2 is 0.521 bits per heavy atom. The number of H-pyrrole nitrogens is 3. The fraction of sp³-hybridized carbons (Fsp3) is 0. The number of nitrogens with one attached hydrogen (secondary N) is 3. The van der Waals surface area contributed by atoms with Gasteiger partial charge in [-0.3, -0.25) is 4.99 Å². The number of allylic oxidation sites excluding steroid dienone is 5. The minimum Gasteiger partial charge on any atom is -0.355 e. The van der Waals surface area contributed by atoms with Crippen LogP contribution in [0.1, 0.15) is 44.8 Å². The van der Waals surface area contributed by atoms with Gasteiger partial charge in [0.1, 0.15) is 0 Å². The van der Waals surface area contributed by atoms with E-state index in [9.17, 15) is 26.3 Å². The molecule has 12 aromatic rings. The Bertz CT molecular complexity index is 6920. The zero-order chi connectivity index (χ0) is 86.9. The van der Waals surface area contributed by atoms with Gasteiger partial charge >= 0.3 is 0 Å². The molecule has 15 rings (SSSR count). The van der Waals surface area contributed by atoms with Crippen LogP contribution in [0.3, 0.4) is 0 Å². The molecule has 0 amide bonds. The van der Waals surface area contributed by atoms with Crippen LogP contribution >= 0.6 is 6.89 Å². The quantitative estimate of drug-likeness (QED) is 0.0420.